The number of carbonyl (C=O) groups is 1. The third-order valence-corrected chi connectivity index (χ3v) is 6.08. The average molecular weight is 319 g/mol. The summed E-state index contributed by atoms with van der Waals surface area (Å²) < 4.78 is 5.72. The second-order valence-electron chi connectivity index (χ2n) is 7.32. The molecule has 2 unspecified atom stereocenters. The third-order valence-electron chi connectivity index (χ3n) is 6.08. The van der Waals surface area contributed by atoms with Crippen molar-refractivity contribution in [1.82, 2.24) is 4.90 Å². The van der Waals surface area contributed by atoms with Gasteiger partial charge in [0, 0.05) is 24.9 Å². The standard InChI is InChI=1S/C21H21NO2/c23-20(18-8-4-5-15-9-12-24-19(15)18)22-11-10-21(13-17(21)14-22)16-6-2-1-3-7-16/h1-8,17H,9-14H2. The van der Waals surface area contributed by atoms with Crippen LogP contribution in [0.5, 0.6) is 5.75 Å². The lowest BCUT2D eigenvalue weighted by Crippen LogP contribution is -2.40. The molecule has 2 aromatic rings. The van der Waals surface area contributed by atoms with Gasteiger partial charge in [-0.25, -0.2) is 0 Å². The molecule has 2 atom stereocenters. The van der Waals surface area contributed by atoms with E-state index in [2.05, 4.69) is 36.4 Å². The molecule has 1 aliphatic carbocycles. The molecule has 0 bridgehead atoms. The van der Waals surface area contributed by atoms with E-state index >= 15 is 0 Å². The molecule has 0 N–H and O–H groups in total. The van der Waals surface area contributed by atoms with Gasteiger partial charge in [-0.2, -0.15) is 0 Å². The Morgan fingerprint density at radius 1 is 1.12 bits per heavy atom. The lowest BCUT2D eigenvalue weighted by molar-refractivity contribution is 0.0704. The summed E-state index contributed by atoms with van der Waals surface area (Å²) in [5.74, 6) is 1.57. The van der Waals surface area contributed by atoms with Crippen LogP contribution in [0.3, 0.4) is 0 Å². The summed E-state index contributed by atoms with van der Waals surface area (Å²) in [6, 6.07) is 16.8. The lowest BCUT2D eigenvalue weighted by Gasteiger charge is -2.32. The van der Waals surface area contributed by atoms with Crippen LogP contribution in [0.15, 0.2) is 48.5 Å². The molecule has 2 aliphatic heterocycles. The maximum atomic E-state index is 13.0. The molecule has 0 aromatic heterocycles. The number of ether oxygens (including phenoxy) is 1. The number of fused-ring (bicyclic) bond motifs is 2. The molecule has 122 valence electrons. The number of likely N-dealkylation sites (tertiary alicyclic amines) is 1. The number of nitrogens with zero attached hydrogens (tertiary/aromatic N) is 1. The van der Waals surface area contributed by atoms with Crippen LogP contribution in [0.4, 0.5) is 0 Å². The van der Waals surface area contributed by atoms with Gasteiger partial charge in [-0.3, -0.25) is 4.79 Å². The fraction of sp³-hybridized carbons (Fsp3) is 0.381. The minimum Gasteiger partial charge on any atom is -0.492 e. The summed E-state index contributed by atoms with van der Waals surface area (Å²) in [5.41, 5.74) is 3.69. The van der Waals surface area contributed by atoms with Crippen LogP contribution >= 0.6 is 0 Å². The van der Waals surface area contributed by atoms with Gasteiger partial charge in [0.1, 0.15) is 5.75 Å². The van der Waals surface area contributed by atoms with Crippen molar-refractivity contribution in [3.8, 4) is 5.75 Å². The summed E-state index contributed by atoms with van der Waals surface area (Å²) in [4.78, 5) is 15.0. The Bertz CT molecular complexity index is 801. The quantitative estimate of drug-likeness (QED) is 0.849. The van der Waals surface area contributed by atoms with Crippen LogP contribution in [-0.2, 0) is 11.8 Å². The van der Waals surface area contributed by atoms with Crippen LogP contribution in [-0.4, -0.2) is 30.5 Å². The van der Waals surface area contributed by atoms with Crippen molar-refractivity contribution in [3.05, 3.63) is 65.2 Å². The van der Waals surface area contributed by atoms with Crippen molar-refractivity contribution < 1.29 is 9.53 Å². The van der Waals surface area contributed by atoms with Gasteiger partial charge in [-0.1, -0.05) is 42.5 Å². The second kappa shape index (κ2) is 5.10. The number of amides is 1. The number of rotatable bonds is 2. The monoisotopic (exact) mass is 319 g/mol. The lowest BCUT2D eigenvalue weighted by atomic mass is 9.87. The first-order valence-corrected chi connectivity index (χ1v) is 8.87. The fourth-order valence-electron chi connectivity index (χ4n) is 4.62. The topological polar surface area (TPSA) is 29.5 Å². The molecular weight excluding hydrogens is 298 g/mol. The van der Waals surface area contributed by atoms with Crippen molar-refractivity contribution in [1.29, 1.82) is 0 Å². The van der Waals surface area contributed by atoms with Gasteiger partial charge in [0.2, 0.25) is 0 Å². The van der Waals surface area contributed by atoms with E-state index in [4.69, 9.17) is 4.74 Å². The van der Waals surface area contributed by atoms with Crippen molar-refractivity contribution in [2.75, 3.05) is 19.7 Å². The first-order valence-electron chi connectivity index (χ1n) is 8.87. The van der Waals surface area contributed by atoms with Crippen LogP contribution in [0.2, 0.25) is 0 Å². The molecule has 2 heterocycles. The van der Waals surface area contributed by atoms with Crippen LogP contribution in [0, 0.1) is 5.92 Å². The number of hydrogen-bond acceptors (Lipinski definition) is 2. The summed E-state index contributed by atoms with van der Waals surface area (Å²) in [6.45, 7) is 2.41. The smallest absolute Gasteiger partial charge is 0.257 e. The van der Waals surface area contributed by atoms with Gasteiger partial charge < -0.3 is 9.64 Å². The molecule has 5 rings (SSSR count). The predicted octanol–water partition coefficient (Wildman–Crippen LogP) is 3.43. The molecule has 3 heteroatoms. The van der Waals surface area contributed by atoms with Gasteiger partial charge in [-0.15, -0.1) is 0 Å². The number of benzene rings is 2. The van der Waals surface area contributed by atoms with Crippen LogP contribution < -0.4 is 4.74 Å². The maximum absolute atomic E-state index is 13.0. The Morgan fingerprint density at radius 3 is 2.83 bits per heavy atom. The molecule has 3 aliphatic rings. The van der Waals surface area contributed by atoms with Crippen molar-refractivity contribution in [3.63, 3.8) is 0 Å². The van der Waals surface area contributed by atoms with Gasteiger partial charge >= 0.3 is 0 Å². The Labute approximate surface area is 142 Å². The molecule has 3 nitrogen and oxygen atoms in total. The van der Waals surface area contributed by atoms with E-state index in [9.17, 15) is 4.79 Å². The van der Waals surface area contributed by atoms with Crippen molar-refractivity contribution in [2.24, 2.45) is 5.92 Å². The molecule has 2 fully saturated rings. The van der Waals surface area contributed by atoms with Gasteiger partial charge in [0.25, 0.3) is 5.91 Å². The van der Waals surface area contributed by atoms with Gasteiger partial charge in [0.05, 0.1) is 12.2 Å². The van der Waals surface area contributed by atoms with E-state index in [-0.39, 0.29) is 5.91 Å². The molecular formula is C21H21NO2. The number of piperidine rings is 1. The predicted molar refractivity (Wildman–Crippen MR) is 92.4 cm³/mol. The highest BCUT2D eigenvalue weighted by molar-refractivity contribution is 5.97. The molecule has 0 spiro atoms. The van der Waals surface area contributed by atoms with Gasteiger partial charge in [0.15, 0.2) is 0 Å². The van der Waals surface area contributed by atoms with Crippen molar-refractivity contribution >= 4 is 5.91 Å². The largest absolute Gasteiger partial charge is 0.492 e. The van der Waals surface area contributed by atoms with Crippen LogP contribution in [0.1, 0.15) is 34.3 Å². The van der Waals surface area contributed by atoms with E-state index in [0.717, 1.165) is 37.2 Å². The minimum absolute atomic E-state index is 0.141. The Hall–Kier alpha value is -2.29. The molecule has 2 aromatic carbocycles. The van der Waals surface area contributed by atoms with Crippen LogP contribution in [0.25, 0.3) is 0 Å². The Morgan fingerprint density at radius 2 is 2.00 bits per heavy atom. The Kier molecular flexibility index (Phi) is 2.99. The molecule has 1 saturated heterocycles. The van der Waals surface area contributed by atoms with E-state index < -0.39 is 0 Å². The normalized spacial score (nSPS) is 27.2. The number of hydrogen-bond donors (Lipinski definition) is 0. The van der Waals surface area contributed by atoms with E-state index in [0.29, 0.717) is 17.9 Å². The highest BCUT2D eigenvalue weighted by Gasteiger charge is 2.57. The first kappa shape index (κ1) is 14.1. The zero-order valence-electron chi connectivity index (χ0n) is 13.7. The molecule has 1 saturated carbocycles. The third kappa shape index (κ3) is 2.00. The van der Waals surface area contributed by atoms with E-state index in [1.807, 2.05) is 17.0 Å². The summed E-state index contributed by atoms with van der Waals surface area (Å²) in [7, 11) is 0. The first-order chi connectivity index (χ1) is 11.8. The highest BCUT2D eigenvalue weighted by Crippen LogP contribution is 2.59. The summed E-state index contributed by atoms with van der Waals surface area (Å²) >= 11 is 0. The number of para-hydroxylation sites is 1. The Balaban J connectivity index is 1.36. The maximum Gasteiger partial charge on any atom is 0.257 e. The van der Waals surface area contributed by atoms with E-state index in [1.165, 1.54) is 17.5 Å². The summed E-state index contributed by atoms with van der Waals surface area (Å²) in [6.07, 6.45) is 3.20. The van der Waals surface area contributed by atoms with Crippen molar-refractivity contribution in [2.45, 2.75) is 24.7 Å². The highest BCUT2D eigenvalue weighted by atomic mass is 16.5. The SMILES string of the molecule is O=C(c1cccc2c1OCC2)N1CCC2(c3ccccc3)CC2C1. The summed E-state index contributed by atoms with van der Waals surface area (Å²) in [5, 5.41) is 0. The zero-order chi connectivity index (χ0) is 16.1. The molecule has 0 radical (unpaired) electrons. The second-order valence-corrected chi connectivity index (χ2v) is 7.32. The fourth-order valence-corrected chi connectivity index (χ4v) is 4.62. The van der Waals surface area contributed by atoms with Gasteiger partial charge in [-0.05, 0) is 36.0 Å². The molecule has 1 amide bonds. The average Bonchev–Trinajstić information content (AvgIpc) is 3.19. The zero-order valence-corrected chi connectivity index (χ0v) is 13.7. The minimum atomic E-state index is 0.141. The van der Waals surface area contributed by atoms with E-state index in [1.54, 1.807) is 0 Å². The molecule has 24 heavy (non-hydrogen) atoms. The number of carbonyl (C=O) groups excluding carboxylic acids is 1.